The van der Waals surface area contributed by atoms with Gasteiger partial charge in [-0.05, 0) is 48.1 Å². The van der Waals surface area contributed by atoms with Gasteiger partial charge in [0.2, 0.25) is 0 Å². The van der Waals surface area contributed by atoms with Crippen LogP contribution >= 0.6 is 0 Å². The second-order valence-electron chi connectivity index (χ2n) is 7.03. The lowest BCUT2D eigenvalue weighted by molar-refractivity contribution is 0.0234. The van der Waals surface area contributed by atoms with Gasteiger partial charge in [-0.3, -0.25) is 14.7 Å². The van der Waals surface area contributed by atoms with Crippen molar-refractivity contribution in [2.45, 2.75) is 38.3 Å². The van der Waals surface area contributed by atoms with Gasteiger partial charge in [0.1, 0.15) is 17.1 Å². The summed E-state index contributed by atoms with van der Waals surface area (Å²) in [6.07, 6.45) is 1.86. The lowest BCUT2D eigenvalue weighted by atomic mass is 9.75. The molecule has 2 aromatic rings. The molecule has 0 radical (unpaired) electrons. The smallest absolute Gasteiger partial charge is 0.269 e. The van der Waals surface area contributed by atoms with Gasteiger partial charge in [-0.25, -0.2) is 0 Å². The van der Waals surface area contributed by atoms with Crippen LogP contribution < -0.4 is 10.1 Å². The van der Waals surface area contributed by atoms with E-state index in [2.05, 4.69) is 21.6 Å². The number of hydrogen-bond donors (Lipinski definition) is 3. The summed E-state index contributed by atoms with van der Waals surface area (Å²) >= 11 is 0. The third kappa shape index (κ3) is 3.10. The minimum atomic E-state index is -0.312. The monoisotopic (exact) mass is 355 g/mol. The Morgan fingerprint density at radius 3 is 2.85 bits per heavy atom. The summed E-state index contributed by atoms with van der Waals surface area (Å²) in [7, 11) is 0. The molecule has 7 heteroatoms. The molecule has 1 amide bonds. The Labute approximate surface area is 150 Å². The molecule has 2 aliphatic rings. The lowest BCUT2D eigenvalue weighted by Crippen LogP contribution is -2.41. The summed E-state index contributed by atoms with van der Waals surface area (Å²) in [4.78, 5) is 24.0. The van der Waals surface area contributed by atoms with E-state index in [1.165, 1.54) is 13.0 Å². The quantitative estimate of drug-likeness (QED) is 0.709. The fourth-order valence-electron chi connectivity index (χ4n) is 3.61. The summed E-state index contributed by atoms with van der Waals surface area (Å²) in [6.45, 7) is 2.09. The van der Waals surface area contributed by atoms with Gasteiger partial charge in [0.25, 0.3) is 5.91 Å². The van der Waals surface area contributed by atoms with Gasteiger partial charge in [-0.2, -0.15) is 5.10 Å². The second kappa shape index (κ2) is 6.57. The van der Waals surface area contributed by atoms with Crippen molar-refractivity contribution < 1.29 is 19.4 Å². The van der Waals surface area contributed by atoms with Gasteiger partial charge in [0.05, 0.1) is 18.8 Å². The van der Waals surface area contributed by atoms with Crippen molar-refractivity contribution in [1.82, 2.24) is 15.5 Å². The number of benzene rings is 1. The molecule has 1 atom stereocenters. The van der Waals surface area contributed by atoms with Crippen LogP contribution in [0.1, 0.15) is 57.9 Å². The molecular formula is C19H21N3O4. The predicted molar refractivity (Wildman–Crippen MR) is 93.2 cm³/mol. The number of carbonyl (C=O) groups excluding carboxylic acids is 2. The van der Waals surface area contributed by atoms with E-state index in [1.54, 1.807) is 0 Å². The lowest BCUT2D eigenvalue weighted by Gasteiger charge is -2.38. The number of aromatic amines is 1. The number of H-pyrrole nitrogens is 1. The van der Waals surface area contributed by atoms with Crippen LogP contribution in [0.25, 0.3) is 0 Å². The fraction of sp³-hybridized carbons (Fsp3) is 0.421. The molecule has 3 N–H and O–H groups in total. The first kappa shape index (κ1) is 16.8. The number of aliphatic hydroxyl groups is 1. The van der Waals surface area contributed by atoms with Gasteiger partial charge in [-0.15, -0.1) is 0 Å². The fourth-order valence-corrected chi connectivity index (χ4v) is 3.61. The van der Waals surface area contributed by atoms with E-state index in [9.17, 15) is 14.7 Å². The Morgan fingerprint density at radius 2 is 2.15 bits per heavy atom. The summed E-state index contributed by atoms with van der Waals surface area (Å²) in [6, 6.07) is 7.23. The third-order valence-electron chi connectivity index (χ3n) is 5.16. The number of carbonyl (C=O) groups is 2. The normalized spacial score (nSPS) is 22.1. The molecule has 7 nitrogen and oxygen atoms in total. The van der Waals surface area contributed by atoms with Crippen molar-refractivity contribution in [3.8, 4) is 5.75 Å². The molecule has 4 rings (SSSR count). The first-order chi connectivity index (χ1) is 12.5. The van der Waals surface area contributed by atoms with Crippen molar-refractivity contribution in [3.05, 3.63) is 46.8 Å². The largest absolute Gasteiger partial charge is 0.493 e. The minimum absolute atomic E-state index is 0.171. The highest BCUT2D eigenvalue weighted by atomic mass is 16.5. The first-order valence-electron chi connectivity index (χ1n) is 8.82. The molecule has 0 spiro atoms. The van der Waals surface area contributed by atoms with Gasteiger partial charge >= 0.3 is 0 Å². The van der Waals surface area contributed by atoms with Crippen molar-refractivity contribution in [1.29, 1.82) is 0 Å². The topological polar surface area (TPSA) is 104 Å². The number of amides is 1. The number of nitrogens with one attached hydrogen (secondary N) is 2. The zero-order valence-electron chi connectivity index (χ0n) is 14.5. The maximum Gasteiger partial charge on any atom is 0.269 e. The van der Waals surface area contributed by atoms with Gasteiger partial charge in [0.15, 0.2) is 5.78 Å². The first-order valence-corrected chi connectivity index (χ1v) is 8.82. The molecular weight excluding hydrogens is 334 g/mol. The molecule has 136 valence electrons. The zero-order valence-corrected chi connectivity index (χ0v) is 14.5. The molecule has 26 heavy (non-hydrogen) atoms. The molecule has 1 aliphatic carbocycles. The number of nitrogens with zero attached hydrogens (tertiary/aromatic N) is 1. The van der Waals surface area contributed by atoms with Gasteiger partial charge < -0.3 is 15.2 Å². The average molecular weight is 355 g/mol. The highest BCUT2D eigenvalue weighted by Crippen LogP contribution is 2.39. The Morgan fingerprint density at radius 1 is 1.35 bits per heavy atom. The Hall–Kier alpha value is -2.67. The van der Waals surface area contributed by atoms with E-state index < -0.39 is 0 Å². The SMILES string of the molecule is CC(=O)c1cc(C(=O)NC(c2ccc3c(c2)CCO3)C2CC(O)C2)[nH]n1. The Bertz CT molecular complexity index is 854. The van der Waals surface area contributed by atoms with E-state index in [1.807, 2.05) is 12.1 Å². The molecule has 1 aromatic heterocycles. The highest BCUT2D eigenvalue weighted by molar-refractivity contribution is 5.97. The van der Waals surface area contributed by atoms with Crippen molar-refractivity contribution >= 4 is 11.7 Å². The maximum atomic E-state index is 12.6. The van der Waals surface area contributed by atoms with Crippen molar-refractivity contribution in [3.63, 3.8) is 0 Å². The Kier molecular flexibility index (Phi) is 4.24. The number of ether oxygens (including phenoxy) is 1. The van der Waals surface area contributed by atoms with Crippen LogP contribution in [-0.2, 0) is 6.42 Å². The average Bonchev–Trinajstić information content (AvgIpc) is 3.25. The summed E-state index contributed by atoms with van der Waals surface area (Å²) in [5.41, 5.74) is 2.64. The number of hydrogen-bond acceptors (Lipinski definition) is 5. The number of rotatable bonds is 5. The van der Waals surface area contributed by atoms with Crippen LogP contribution in [0.15, 0.2) is 24.3 Å². The van der Waals surface area contributed by atoms with E-state index in [-0.39, 0.29) is 41.1 Å². The van der Waals surface area contributed by atoms with Crippen LogP contribution in [0.2, 0.25) is 0 Å². The zero-order chi connectivity index (χ0) is 18.3. The Balaban J connectivity index is 1.57. The summed E-state index contributed by atoms with van der Waals surface area (Å²) in [5.74, 6) is 0.558. The van der Waals surface area contributed by atoms with Crippen molar-refractivity contribution in [2.75, 3.05) is 6.61 Å². The molecule has 0 saturated heterocycles. The molecule has 1 fully saturated rings. The molecule has 1 aliphatic heterocycles. The molecule has 1 aromatic carbocycles. The van der Waals surface area contributed by atoms with E-state index in [0.29, 0.717) is 19.4 Å². The number of aliphatic hydroxyl groups excluding tert-OH is 1. The van der Waals surface area contributed by atoms with E-state index >= 15 is 0 Å². The van der Waals surface area contributed by atoms with Crippen LogP contribution in [0.5, 0.6) is 5.75 Å². The maximum absolute atomic E-state index is 12.6. The molecule has 1 saturated carbocycles. The van der Waals surface area contributed by atoms with E-state index in [4.69, 9.17) is 4.74 Å². The van der Waals surface area contributed by atoms with Crippen molar-refractivity contribution in [2.24, 2.45) is 5.92 Å². The molecule has 1 unspecified atom stereocenters. The molecule has 2 heterocycles. The van der Waals surface area contributed by atoms with Crippen LogP contribution in [0, 0.1) is 5.92 Å². The van der Waals surface area contributed by atoms with Crippen LogP contribution in [0.4, 0.5) is 0 Å². The summed E-state index contributed by atoms with van der Waals surface area (Å²) < 4.78 is 5.55. The number of aromatic nitrogens is 2. The standard InChI is InChI=1S/C19H21N3O4/c1-10(23)15-9-16(22-21-15)19(25)20-18(13-7-14(24)8-13)12-2-3-17-11(6-12)4-5-26-17/h2-3,6,9,13-14,18,24H,4-5,7-8H2,1H3,(H,20,25)(H,21,22). The second-order valence-corrected chi connectivity index (χ2v) is 7.03. The number of fused-ring (bicyclic) bond motifs is 1. The minimum Gasteiger partial charge on any atom is -0.493 e. The van der Waals surface area contributed by atoms with Gasteiger partial charge in [0, 0.05) is 13.3 Å². The predicted octanol–water partition coefficient (Wildman–Crippen LogP) is 1.79. The number of ketones is 1. The highest BCUT2D eigenvalue weighted by Gasteiger charge is 2.36. The molecule has 0 bridgehead atoms. The number of Topliss-reactive ketones (excluding diaryl/α,β-unsaturated/α-hetero) is 1. The van der Waals surface area contributed by atoms with Gasteiger partial charge in [-0.1, -0.05) is 6.07 Å². The summed E-state index contributed by atoms with van der Waals surface area (Å²) in [5, 5.41) is 19.2. The van der Waals surface area contributed by atoms with Crippen LogP contribution in [-0.4, -0.2) is 39.7 Å². The van der Waals surface area contributed by atoms with E-state index in [0.717, 1.165) is 23.3 Å². The third-order valence-corrected chi connectivity index (χ3v) is 5.16. The van der Waals surface area contributed by atoms with Crippen LogP contribution in [0.3, 0.4) is 0 Å².